The molecule has 2 heterocycles. The first-order valence-electron chi connectivity index (χ1n) is 8.48. The summed E-state index contributed by atoms with van der Waals surface area (Å²) in [7, 11) is 1.79. The molecule has 0 bridgehead atoms. The van der Waals surface area contributed by atoms with Gasteiger partial charge in [0.25, 0.3) is 5.91 Å². The number of ketones is 1. The van der Waals surface area contributed by atoms with Gasteiger partial charge in [-0.3, -0.25) is 14.3 Å². The second kappa shape index (κ2) is 7.43. The summed E-state index contributed by atoms with van der Waals surface area (Å²) in [5.41, 5.74) is 1.78. The fourth-order valence-electron chi connectivity index (χ4n) is 3.25. The largest absolute Gasteiger partial charge is 0.338 e. The van der Waals surface area contributed by atoms with Crippen molar-refractivity contribution in [2.75, 3.05) is 13.1 Å². The second-order valence-electron chi connectivity index (χ2n) is 6.44. The molecule has 0 spiro atoms. The van der Waals surface area contributed by atoms with Gasteiger partial charge in [-0.05, 0) is 24.8 Å². The molecule has 0 unspecified atom stereocenters. The van der Waals surface area contributed by atoms with Crippen molar-refractivity contribution in [3.05, 3.63) is 53.9 Å². The summed E-state index contributed by atoms with van der Waals surface area (Å²) in [5, 5.41) is 4.05. The fourth-order valence-corrected chi connectivity index (χ4v) is 3.25. The lowest BCUT2D eigenvalue weighted by Crippen LogP contribution is -2.42. The number of amides is 1. The molecule has 126 valence electrons. The summed E-state index contributed by atoms with van der Waals surface area (Å²) < 4.78 is 1.62. The van der Waals surface area contributed by atoms with E-state index >= 15 is 0 Å². The molecule has 1 saturated heterocycles. The Bertz CT molecular complexity index is 708. The van der Waals surface area contributed by atoms with Gasteiger partial charge in [-0.2, -0.15) is 5.10 Å². The third-order valence-electron chi connectivity index (χ3n) is 4.62. The molecule has 3 rings (SSSR count). The zero-order valence-electron chi connectivity index (χ0n) is 14.0. The van der Waals surface area contributed by atoms with Crippen molar-refractivity contribution in [1.82, 2.24) is 14.7 Å². The van der Waals surface area contributed by atoms with E-state index in [1.807, 2.05) is 30.3 Å². The minimum atomic E-state index is -0.0388. The second-order valence-corrected chi connectivity index (χ2v) is 6.44. The lowest BCUT2D eigenvalue weighted by atomic mass is 9.90. The lowest BCUT2D eigenvalue weighted by molar-refractivity contribution is -0.124. The molecule has 5 nitrogen and oxygen atoms in total. The fraction of sp³-hybridized carbons (Fsp3) is 0.421. The van der Waals surface area contributed by atoms with E-state index in [9.17, 15) is 9.59 Å². The van der Waals surface area contributed by atoms with Crippen molar-refractivity contribution in [2.45, 2.75) is 25.7 Å². The minimum absolute atomic E-state index is 0.0244. The Morgan fingerprint density at radius 2 is 2.04 bits per heavy atom. The number of Topliss-reactive ketones (excluding diaryl/α,β-unsaturated/α-hetero) is 1. The topological polar surface area (TPSA) is 55.2 Å². The number of likely N-dealkylation sites (tertiary alicyclic amines) is 1. The van der Waals surface area contributed by atoms with Gasteiger partial charge in [-0.25, -0.2) is 0 Å². The van der Waals surface area contributed by atoms with Crippen LogP contribution in [0.1, 0.15) is 35.2 Å². The van der Waals surface area contributed by atoms with E-state index in [1.165, 1.54) is 5.56 Å². The number of carbonyl (C=O) groups is 2. The molecule has 0 aliphatic carbocycles. The molecule has 2 aromatic rings. The maximum atomic E-state index is 12.5. The zero-order chi connectivity index (χ0) is 16.9. The first-order valence-corrected chi connectivity index (χ1v) is 8.48. The van der Waals surface area contributed by atoms with E-state index in [0.29, 0.717) is 18.5 Å². The van der Waals surface area contributed by atoms with Gasteiger partial charge in [-0.15, -0.1) is 0 Å². The molecule has 0 N–H and O–H groups in total. The van der Waals surface area contributed by atoms with Crippen LogP contribution in [-0.2, 0) is 18.3 Å². The van der Waals surface area contributed by atoms with Crippen LogP contribution >= 0.6 is 0 Å². The Kier molecular flexibility index (Phi) is 5.08. The molecular formula is C19H23N3O2. The van der Waals surface area contributed by atoms with E-state index < -0.39 is 0 Å². The number of benzene rings is 1. The summed E-state index contributed by atoms with van der Waals surface area (Å²) in [4.78, 5) is 26.8. The van der Waals surface area contributed by atoms with Gasteiger partial charge in [-0.1, -0.05) is 30.3 Å². The Morgan fingerprint density at radius 3 is 2.75 bits per heavy atom. The van der Waals surface area contributed by atoms with E-state index in [2.05, 4.69) is 5.10 Å². The van der Waals surface area contributed by atoms with Gasteiger partial charge in [0, 0.05) is 38.7 Å². The Morgan fingerprint density at radius 1 is 1.25 bits per heavy atom. The van der Waals surface area contributed by atoms with Gasteiger partial charge in [0.1, 0.15) is 5.78 Å². The average Bonchev–Trinajstić information content (AvgIpc) is 3.06. The molecule has 1 amide bonds. The maximum absolute atomic E-state index is 12.5. The molecule has 0 radical (unpaired) electrons. The molecule has 0 saturated carbocycles. The highest BCUT2D eigenvalue weighted by atomic mass is 16.2. The average molecular weight is 325 g/mol. The van der Waals surface area contributed by atoms with Crippen molar-refractivity contribution in [3.8, 4) is 0 Å². The van der Waals surface area contributed by atoms with Crippen molar-refractivity contribution >= 4 is 11.7 Å². The first kappa shape index (κ1) is 16.4. The summed E-state index contributed by atoms with van der Waals surface area (Å²) in [6.07, 6.45) is 6.39. The number of hydrogen-bond acceptors (Lipinski definition) is 3. The van der Waals surface area contributed by atoms with Crippen molar-refractivity contribution in [3.63, 3.8) is 0 Å². The van der Waals surface area contributed by atoms with Gasteiger partial charge in [0.05, 0.1) is 11.8 Å². The molecular weight excluding hydrogens is 302 g/mol. The highest BCUT2D eigenvalue weighted by Crippen LogP contribution is 2.21. The number of rotatable bonds is 5. The zero-order valence-corrected chi connectivity index (χ0v) is 14.0. The molecule has 24 heavy (non-hydrogen) atoms. The van der Waals surface area contributed by atoms with Crippen LogP contribution in [0.15, 0.2) is 42.7 Å². The Hall–Kier alpha value is -2.43. The highest BCUT2D eigenvalue weighted by Gasteiger charge is 2.28. The molecule has 1 fully saturated rings. The van der Waals surface area contributed by atoms with Crippen LogP contribution in [0.25, 0.3) is 0 Å². The van der Waals surface area contributed by atoms with Crippen LogP contribution in [0.5, 0.6) is 0 Å². The number of aromatic nitrogens is 2. The summed E-state index contributed by atoms with van der Waals surface area (Å²) in [5.74, 6) is 0.203. The Labute approximate surface area is 142 Å². The van der Waals surface area contributed by atoms with Crippen molar-refractivity contribution in [2.24, 2.45) is 13.0 Å². The van der Waals surface area contributed by atoms with E-state index in [4.69, 9.17) is 0 Å². The molecule has 1 aliphatic heterocycles. The molecule has 1 atom stereocenters. The molecule has 1 aromatic heterocycles. The third-order valence-corrected chi connectivity index (χ3v) is 4.62. The number of hydrogen-bond donors (Lipinski definition) is 0. The van der Waals surface area contributed by atoms with Crippen molar-refractivity contribution < 1.29 is 9.59 Å². The third kappa shape index (κ3) is 3.91. The first-order chi connectivity index (χ1) is 11.6. The number of piperidine rings is 1. The van der Waals surface area contributed by atoms with Crippen LogP contribution in [0, 0.1) is 5.92 Å². The normalized spacial score (nSPS) is 17.7. The predicted molar refractivity (Wildman–Crippen MR) is 91.6 cm³/mol. The smallest absolute Gasteiger partial charge is 0.257 e. The van der Waals surface area contributed by atoms with E-state index in [1.54, 1.807) is 29.0 Å². The number of carbonyl (C=O) groups excluding carboxylic acids is 2. The standard InChI is InChI=1S/C19H23N3O2/c1-21-13-17(12-20-21)19(24)22-11-5-8-16(14-22)18(23)10-9-15-6-3-2-4-7-15/h2-4,6-7,12-13,16H,5,8-11,14H2,1H3/t16-/m1/s1. The highest BCUT2D eigenvalue weighted by molar-refractivity contribution is 5.94. The minimum Gasteiger partial charge on any atom is -0.338 e. The quantitative estimate of drug-likeness (QED) is 0.848. The number of nitrogens with zero attached hydrogens (tertiary/aromatic N) is 3. The summed E-state index contributed by atoms with van der Waals surface area (Å²) in [6, 6.07) is 10.1. The van der Waals surface area contributed by atoms with Crippen LogP contribution in [-0.4, -0.2) is 39.5 Å². The van der Waals surface area contributed by atoms with E-state index in [-0.39, 0.29) is 17.6 Å². The van der Waals surface area contributed by atoms with Crippen LogP contribution < -0.4 is 0 Å². The van der Waals surface area contributed by atoms with Crippen LogP contribution in [0.3, 0.4) is 0 Å². The van der Waals surface area contributed by atoms with Gasteiger partial charge < -0.3 is 4.90 Å². The van der Waals surface area contributed by atoms with Crippen LogP contribution in [0.4, 0.5) is 0 Å². The molecule has 1 aromatic carbocycles. The van der Waals surface area contributed by atoms with Gasteiger partial charge >= 0.3 is 0 Å². The number of aryl methyl sites for hydroxylation is 2. The summed E-state index contributed by atoms with van der Waals surface area (Å²) >= 11 is 0. The lowest BCUT2D eigenvalue weighted by Gasteiger charge is -2.31. The SMILES string of the molecule is Cn1cc(C(=O)N2CCC[C@@H](C(=O)CCc3ccccc3)C2)cn1. The monoisotopic (exact) mass is 325 g/mol. The van der Waals surface area contributed by atoms with Crippen molar-refractivity contribution in [1.29, 1.82) is 0 Å². The summed E-state index contributed by atoms with van der Waals surface area (Å²) in [6.45, 7) is 1.25. The van der Waals surface area contributed by atoms with Gasteiger partial charge in [0.2, 0.25) is 0 Å². The molecule has 1 aliphatic rings. The van der Waals surface area contributed by atoms with E-state index in [0.717, 1.165) is 25.8 Å². The Balaban J connectivity index is 1.56. The van der Waals surface area contributed by atoms with Gasteiger partial charge in [0.15, 0.2) is 0 Å². The maximum Gasteiger partial charge on any atom is 0.257 e. The molecule has 5 heteroatoms. The predicted octanol–water partition coefficient (Wildman–Crippen LogP) is 2.47. The van der Waals surface area contributed by atoms with Crippen LogP contribution in [0.2, 0.25) is 0 Å².